The summed E-state index contributed by atoms with van der Waals surface area (Å²) in [5.41, 5.74) is -0.886. The van der Waals surface area contributed by atoms with Gasteiger partial charge in [-0.1, -0.05) is 12.1 Å². The molecule has 12 nitrogen and oxygen atoms in total. The van der Waals surface area contributed by atoms with Gasteiger partial charge in [-0.05, 0) is 23.8 Å². The van der Waals surface area contributed by atoms with E-state index in [9.17, 15) is 50.6 Å². The molecule has 3 heterocycles. The van der Waals surface area contributed by atoms with Crippen LogP contribution in [-0.4, -0.2) is 61.3 Å². The SMILES string of the molecule is Cc1ccc(C(=O)N2Cc3c(O)c(C(=O)NCC(=O)O)c(=O)n(Cc4ccc(C(F)(F)F)cc4)c3C2)c[nH+]1.O=C(O)C(F)(F)F. The second-order valence-electron chi connectivity index (χ2n) is 9.54. The van der Waals surface area contributed by atoms with E-state index in [1.165, 1.54) is 23.2 Å². The van der Waals surface area contributed by atoms with Crippen LogP contribution in [-0.2, 0) is 35.4 Å². The Morgan fingerprint density at radius 1 is 0.956 bits per heavy atom. The van der Waals surface area contributed by atoms with Crippen LogP contribution in [0.15, 0.2) is 47.4 Å². The lowest BCUT2D eigenvalue weighted by Gasteiger charge is -2.16. The number of carbonyl (C=O) groups is 4. The smallest absolute Gasteiger partial charge is 0.490 e. The maximum Gasteiger partial charge on any atom is 0.490 e. The number of aromatic nitrogens is 2. The number of rotatable bonds is 6. The molecule has 1 aliphatic rings. The highest BCUT2D eigenvalue weighted by Crippen LogP contribution is 2.33. The molecule has 0 radical (unpaired) electrons. The Labute approximate surface area is 248 Å². The third kappa shape index (κ3) is 8.15. The quantitative estimate of drug-likeness (QED) is 0.295. The van der Waals surface area contributed by atoms with Crippen LogP contribution in [0, 0.1) is 6.92 Å². The number of amides is 2. The van der Waals surface area contributed by atoms with E-state index >= 15 is 0 Å². The predicted molar refractivity (Wildman–Crippen MR) is 138 cm³/mol. The number of carbonyl (C=O) groups excluding carboxylic acids is 2. The molecule has 5 N–H and O–H groups in total. The highest BCUT2D eigenvalue weighted by atomic mass is 19.4. The molecule has 0 atom stereocenters. The van der Waals surface area contributed by atoms with Gasteiger partial charge >= 0.3 is 24.3 Å². The molecule has 0 aliphatic carbocycles. The number of aryl methyl sites for hydroxylation is 1. The lowest BCUT2D eigenvalue weighted by molar-refractivity contribution is -0.387. The first kappa shape index (κ1) is 34.1. The van der Waals surface area contributed by atoms with Crippen LogP contribution in [0.5, 0.6) is 5.75 Å². The van der Waals surface area contributed by atoms with Gasteiger partial charge in [-0.2, -0.15) is 26.3 Å². The number of aromatic hydroxyl groups is 1. The molecule has 4 rings (SSSR count). The second kappa shape index (κ2) is 13.1. The summed E-state index contributed by atoms with van der Waals surface area (Å²) >= 11 is 0. The van der Waals surface area contributed by atoms with Crippen LogP contribution < -0.4 is 15.9 Å². The number of hydrogen-bond acceptors (Lipinski definition) is 6. The molecule has 0 fully saturated rings. The van der Waals surface area contributed by atoms with Crippen LogP contribution in [0.2, 0.25) is 0 Å². The number of alkyl halides is 6. The predicted octanol–water partition coefficient (Wildman–Crippen LogP) is 2.35. The van der Waals surface area contributed by atoms with Gasteiger partial charge in [0, 0.05) is 24.2 Å². The fourth-order valence-electron chi connectivity index (χ4n) is 4.14. The van der Waals surface area contributed by atoms with Gasteiger partial charge in [0.1, 0.15) is 23.4 Å². The minimum Gasteiger partial charge on any atom is -0.506 e. The summed E-state index contributed by atoms with van der Waals surface area (Å²) in [5.74, 6) is -6.40. The average Bonchev–Trinajstić information content (AvgIpc) is 3.40. The van der Waals surface area contributed by atoms with Gasteiger partial charge in [-0.15, -0.1) is 0 Å². The molecule has 0 saturated heterocycles. The largest absolute Gasteiger partial charge is 0.506 e. The van der Waals surface area contributed by atoms with Gasteiger partial charge < -0.3 is 30.1 Å². The third-order valence-electron chi connectivity index (χ3n) is 6.34. The maximum absolute atomic E-state index is 13.4. The van der Waals surface area contributed by atoms with E-state index in [1.807, 2.05) is 5.32 Å². The van der Waals surface area contributed by atoms with Crippen molar-refractivity contribution in [2.24, 2.45) is 0 Å². The summed E-state index contributed by atoms with van der Waals surface area (Å²) in [6, 6.07) is 7.35. The van der Waals surface area contributed by atoms with E-state index in [0.29, 0.717) is 11.1 Å². The summed E-state index contributed by atoms with van der Waals surface area (Å²) in [6.45, 7) is 0.430. The van der Waals surface area contributed by atoms with Crippen molar-refractivity contribution in [3.63, 3.8) is 0 Å². The van der Waals surface area contributed by atoms with Gasteiger partial charge in [0.25, 0.3) is 17.4 Å². The number of benzene rings is 1. The zero-order chi connectivity index (χ0) is 33.9. The van der Waals surface area contributed by atoms with Crippen molar-refractivity contribution in [3.8, 4) is 5.75 Å². The number of aromatic amines is 1. The number of carboxylic acids is 2. The molecule has 1 aromatic carbocycles. The molecule has 45 heavy (non-hydrogen) atoms. The average molecular weight is 645 g/mol. The van der Waals surface area contributed by atoms with E-state index in [-0.39, 0.29) is 30.9 Å². The molecular weight excluding hydrogens is 622 g/mol. The van der Waals surface area contributed by atoms with Crippen molar-refractivity contribution in [2.75, 3.05) is 6.54 Å². The zero-order valence-electron chi connectivity index (χ0n) is 22.9. The topological polar surface area (TPSA) is 180 Å². The van der Waals surface area contributed by atoms with E-state index in [0.717, 1.165) is 22.4 Å². The fraction of sp³-hybridized carbons (Fsp3) is 0.259. The lowest BCUT2D eigenvalue weighted by atomic mass is 10.1. The monoisotopic (exact) mass is 645 g/mol. The number of nitrogens with one attached hydrogen (secondary N) is 2. The highest BCUT2D eigenvalue weighted by Gasteiger charge is 2.38. The Balaban J connectivity index is 0.000000707. The Morgan fingerprint density at radius 3 is 2.04 bits per heavy atom. The number of aliphatic carboxylic acids is 2. The lowest BCUT2D eigenvalue weighted by Crippen LogP contribution is -2.37. The summed E-state index contributed by atoms with van der Waals surface area (Å²) in [4.78, 5) is 63.2. The highest BCUT2D eigenvalue weighted by molar-refractivity contribution is 5.99. The molecule has 0 bridgehead atoms. The van der Waals surface area contributed by atoms with Crippen molar-refractivity contribution in [1.29, 1.82) is 0 Å². The first-order chi connectivity index (χ1) is 20.8. The summed E-state index contributed by atoms with van der Waals surface area (Å²) < 4.78 is 71.8. The molecule has 240 valence electrons. The van der Waals surface area contributed by atoms with Gasteiger partial charge in [0.2, 0.25) is 0 Å². The number of pyridine rings is 2. The molecular formula is C27H23F6N4O8+. The van der Waals surface area contributed by atoms with Gasteiger partial charge in [-0.3, -0.25) is 19.2 Å². The second-order valence-corrected chi connectivity index (χ2v) is 9.54. The minimum absolute atomic E-state index is 0.0985. The van der Waals surface area contributed by atoms with Gasteiger partial charge in [0.05, 0.1) is 25.2 Å². The molecule has 18 heteroatoms. The number of halogens is 6. The van der Waals surface area contributed by atoms with Crippen LogP contribution in [0.25, 0.3) is 0 Å². The van der Waals surface area contributed by atoms with Crippen molar-refractivity contribution in [3.05, 3.63) is 92.2 Å². The number of H-pyrrole nitrogens is 1. The van der Waals surface area contributed by atoms with E-state index in [2.05, 4.69) is 4.98 Å². The number of hydrogen-bond donors (Lipinski definition) is 4. The molecule has 0 saturated carbocycles. The third-order valence-corrected chi connectivity index (χ3v) is 6.34. The van der Waals surface area contributed by atoms with Crippen molar-refractivity contribution < 1.29 is 65.8 Å². The Kier molecular flexibility index (Phi) is 9.89. The zero-order valence-corrected chi connectivity index (χ0v) is 22.9. The summed E-state index contributed by atoms with van der Waals surface area (Å²) in [7, 11) is 0. The fourth-order valence-corrected chi connectivity index (χ4v) is 4.14. The standard InChI is InChI=1S/C25H21F3N4O6.C2HF3O2/c1-13-2-5-15(8-29-13)23(37)31-11-17-18(12-31)32(10-14-3-6-16(7-4-14)25(26,27)28)24(38)20(21(17)35)22(36)30-9-19(33)34;3-2(4,5)1(6)7/h2-8,35H,9-12H2,1H3,(H,30,36)(H,33,34);(H,6,7)/p+1. The normalized spacial score (nSPS) is 12.6. The molecule has 2 amide bonds. The summed E-state index contributed by atoms with van der Waals surface area (Å²) in [5, 5.41) is 28.9. The van der Waals surface area contributed by atoms with Crippen LogP contribution in [0.1, 0.15) is 48.8 Å². The molecule has 2 aromatic heterocycles. The van der Waals surface area contributed by atoms with E-state index < -0.39 is 65.1 Å². The first-order valence-electron chi connectivity index (χ1n) is 12.5. The van der Waals surface area contributed by atoms with Crippen LogP contribution in [0.3, 0.4) is 0 Å². The molecule has 0 unspecified atom stereocenters. The Hall–Kier alpha value is -5.42. The molecule has 3 aromatic rings. The van der Waals surface area contributed by atoms with Crippen LogP contribution >= 0.6 is 0 Å². The van der Waals surface area contributed by atoms with Crippen molar-refractivity contribution >= 4 is 23.8 Å². The van der Waals surface area contributed by atoms with Gasteiger partial charge in [-0.25, -0.2) is 9.78 Å². The van der Waals surface area contributed by atoms with Gasteiger partial charge in [0.15, 0.2) is 11.9 Å². The maximum atomic E-state index is 13.4. The number of fused-ring (bicyclic) bond motifs is 1. The number of carboxylic acid groups (broad SMARTS) is 2. The van der Waals surface area contributed by atoms with E-state index in [4.69, 9.17) is 15.0 Å². The number of nitrogens with zero attached hydrogens (tertiary/aromatic N) is 2. The Bertz CT molecular complexity index is 1680. The molecule has 1 aliphatic heterocycles. The summed E-state index contributed by atoms with van der Waals surface area (Å²) in [6.07, 6.45) is -8.14. The van der Waals surface area contributed by atoms with Crippen molar-refractivity contribution in [1.82, 2.24) is 14.8 Å². The Morgan fingerprint density at radius 2 is 1.56 bits per heavy atom. The molecule has 0 spiro atoms. The minimum atomic E-state index is -5.08. The van der Waals surface area contributed by atoms with Crippen LogP contribution in [0.4, 0.5) is 26.3 Å². The van der Waals surface area contributed by atoms with Crippen molar-refractivity contribution in [2.45, 2.75) is 38.9 Å². The van der Waals surface area contributed by atoms with E-state index in [1.54, 1.807) is 19.1 Å². The first-order valence-corrected chi connectivity index (χ1v) is 12.5.